The number of carbonyl (C=O) groups is 1. The average molecular weight is 292 g/mol. The lowest BCUT2D eigenvalue weighted by Crippen LogP contribution is -2.46. The Bertz CT molecular complexity index is 502. The van der Waals surface area contributed by atoms with Crippen molar-refractivity contribution in [3.8, 4) is 0 Å². The Morgan fingerprint density at radius 1 is 1.38 bits per heavy atom. The second-order valence-electron chi connectivity index (χ2n) is 6.27. The third-order valence-electron chi connectivity index (χ3n) is 4.44. The van der Waals surface area contributed by atoms with Crippen molar-refractivity contribution in [2.24, 2.45) is 5.92 Å². The van der Waals surface area contributed by atoms with Crippen LogP contribution in [-0.2, 0) is 16.1 Å². The number of aryl methyl sites for hydroxylation is 2. The Hall–Kier alpha value is -1.40. The first kappa shape index (κ1) is 14.5. The summed E-state index contributed by atoms with van der Waals surface area (Å²) in [4.78, 5) is 17.0. The molecular formula is C15H24N4O2. The molecule has 1 amide bonds. The number of carbonyl (C=O) groups excluding carboxylic acids is 1. The van der Waals surface area contributed by atoms with Gasteiger partial charge in [-0.3, -0.25) is 9.48 Å². The van der Waals surface area contributed by atoms with Gasteiger partial charge in [-0.1, -0.05) is 0 Å². The molecule has 3 rings (SSSR count). The summed E-state index contributed by atoms with van der Waals surface area (Å²) in [6.07, 6.45) is 2.29. The first-order chi connectivity index (χ1) is 10.1. The summed E-state index contributed by atoms with van der Waals surface area (Å²) in [6, 6.07) is 2.15. The molecule has 0 N–H and O–H groups in total. The van der Waals surface area contributed by atoms with Crippen LogP contribution in [0.2, 0.25) is 0 Å². The Balaban J connectivity index is 1.64. The van der Waals surface area contributed by atoms with Gasteiger partial charge in [0.25, 0.3) is 0 Å². The van der Waals surface area contributed by atoms with Crippen LogP contribution in [0.3, 0.4) is 0 Å². The lowest BCUT2D eigenvalue weighted by atomic mass is 10.1. The molecular weight excluding hydrogens is 268 g/mol. The highest BCUT2D eigenvalue weighted by atomic mass is 16.5. The van der Waals surface area contributed by atoms with Gasteiger partial charge in [-0.2, -0.15) is 5.10 Å². The summed E-state index contributed by atoms with van der Waals surface area (Å²) in [5.41, 5.74) is 1.10. The number of hydrogen-bond acceptors (Lipinski definition) is 4. The second kappa shape index (κ2) is 6.15. The summed E-state index contributed by atoms with van der Waals surface area (Å²) in [7, 11) is 2.13. The van der Waals surface area contributed by atoms with Crippen LogP contribution >= 0.6 is 0 Å². The summed E-state index contributed by atoms with van der Waals surface area (Å²) in [6.45, 7) is 6.84. The van der Waals surface area contributed by atoms with Gasteiger partial charge < -0.3 is 14.5 Å². The maximum absolute atomic E-state index is 12.6. The monoisotopic (exact) mass is 292 g/mol. The van der Waals surface area contributed by atoms with E-state index in [1.165, 1.54) is 0 Å². The summed E-state index contributed by atoms with van der Waals surface area (Å²) in [5.74, 6) is 0.651. The maximum Gasteiger partial charge on any atom is 0.224 e. The van der Waals surface area contributed by atoms with Gasteiger partial charge in [0, 0.05) is 50.4 Å². The maximum atomic E-state index is 12.6. The van der Waals surface area contributed by atoms with E-state index in [0.29, 0.717) is 25.5 Å². The molecule has 1 aromatic rings. The van der Waals surface area contributed by atoms with Crippen LogP contribution in [0.1, 0.15) is 12.1 Å². The van der Waals surface area contributed by atoms with Crippen LogP contribution in [0, 0.1) is 12.8 Å². The Morgan fingerprint density at radius 2 is 2.24 bits per heavy atom. The number of likely N-dealkylation sites (N-methyl/N-ethyl adjacent to an activating group) is 1. The molecule has 2 bridgehead atoms. The van der Waals surface area contributed by atoms with Gasteiger partial charge in [-0.05, 0) is 20.0 Å². The van der Waals surface area contributed by atoms with E-state index >= 15 is 0 Å². The minimum absolute atomic E-state index is 0.189. The second-order valence-corrected chi connectivity index (χ2v) is 6.27. The van der Waals surface area contributed by atoms with Gasteiger partial charge in [0.2, 0.25) is 5.91 Å². The number of fused-ring (bicyclic) bond motifs is 3. The molecule has 3 heterocycles. The molecule has 0 saturated carbocycles. The summed E-state index contributed by atoms with van der Waals surface area (Å²) in [5, 5.41) is 4.24. The van der Waals surface area contributed by atoms with Crippen molar-refractivity contribution in [3.63, 3.8) is 0 Å². The normalized spacial score (nSPS) is 26.7. The third kappa shape index (κ3) is 3.27. The number of nitrogens with zero attached hydrogens (tertiary/aromatic N) is 4. The topological polar surface area (TPSA) is 50.6 Å². The molecule has 0 aliphatic carbocycles. The molecule has 2 fully saturated rings. The molecule has 0 aromatic carbocycles. The zero-order chi connectivity index (χ0) is 14.8. The lowest BCUT2D eigenvalue weighted by Gasteiger charge is -2.29. The van der Waals surface area contributed by atoms with Crippen LogP contribution in [0.15, 0.2) is 12.3 Å². The fourth-order valence-electron chi connectivity index (χ4n) is 3.36. The molecule has 6 nitrogen and oxygen atoms in total. The van der Waals surface area contributed by atoms with Gasteiger partial charge in [0.15, 0.2) is 0 Å². The van der Waals surface area contributed by atoms with Crippen molar-refractivity contribution in [2.75, 3.05) is 39.9 Å². The van der Waals surface area contributed by atoms with Crippen LogP contribution in [0.4, 0.5) is 0 Å². The molecule has 2 saturated heterocycles. The highest BCUT2D eigenvalue weighted by molar-refractivity contribution is 5.76. The highest BCUT2D eigenvalue weighted by Gasteiger charge is 2.34. The van der Waals surface area contributed by atoms with Gasteiger partial charge in [-0.15, -0.1) is 0 Å². The van der Waals surface area contributed by atoms with Crippen molar-refractivity contribution in [2.45, 2.75) is 25.9 Å². The predicted octanol–water partition coefficient (Wildman–Crippen LogP) is 0.371. The largest absolute Gasteiger partial charge is 0.379 e. The van der Waals surface area contributed by atoms with Crippen molar-refractivity contribution in [1.29, 1.82) is 0 Å². The van der Waals surface area contributed by atoms with E-state index in [9.17, 15) is 4.79 Å². The first-order valence-electron chi connectivity index (χ1n) is 7.67. The summed E-state index contributed by atoms with van der Waals surface area (Å²) < 4.78 is 7.61. The van der Waals surface area contributed by atoms with E-state index in [0.717, 1.165) is 31.9 Å². The number of rotatable bonds is 3. The Morgan fingerprint density at radius 3 is 3.00 bits per heavy atom. The molecule has 21 heavy (non-hydrogen) atoms. The van der Waals surface area contributed by atoms with Gasteiger partial charge in [-0.25, -0.2) is 0 Å². The molecule has 116 valence electrons. The van der Waals surface area contributed by atoms with Crippen molar-refractivity contribution >= 4 is 5.91 Å². The summed E-state index contributed by atoms with van der Waals surface area (Å²) >= 11 is 0. The van der Waals surface area contributed by atoms with E-state index in [4.69, 9.17) is 4.74 Å². The zero-order valence-electron chi connectivity index (χ0n) is 12.9. The standard InChI is InChI=1S/C15H24N4O2/c1-12-3-5-16-19(12)6-4-15(20)18-8-13-7-17(2)9-14(18)11-21-10-13/h3,5,13-14H,4,6-11H2,1-2H3/t13-,14-/m0/s1. The van der Waals surface area contributed by atoms with E-state index in [1.54, 1.807) is 6.20 Å². The molecule has 2 atom stereocenters. The quantitative estimate of drug-likeness (QED) is 0.808. The van der Waals surface area contributed by atoms with Gasteiger partial charge in [0.1, 0.15) is 0 Å². The van der Waals surface area contributed by atoms with E-state index in [1.807, 2.05) is 22.6 Å². The predicted molar refractivity (Wildman–Crippen MR) is 78.9 cm³/mol. The smallest absolute Gasteiger partial charge is 0.224 e. The van der Waals surface area contributed by atoms with Crippen LogP contribution in [-0.4, -0.2) is 71.4 Å². The van der Waals surface area contributed by atoms with Gasteiger partial charge in [0.05, 0.1) is 19.3 Å². The Kier molecular flexibility index (Phi) is 4.26. The number of ether oxygens (including phenoxy) is 1. The molecule has 6 heteroatoms. The molecule has 0 spiro atoms. The van der Waals surface area contributed by atoms with E-state index in [-0.39, 0.29) is 11.9 Å². The molecule has 2 aliphatic heterocycles. The Labute approximate surface area is 125 Å². The average Bonchev–Trinajstić information content (AvgIpc) is 2.65. The molecule has 1 aromatic heterocycles. The van der Waals surface area contributed by atoms with Gasteiger partial charge >= 0.3 is 0 Å². The molecule has 0 unspecified atom stereocenters. The van der Waals surface area contributed by atoms with Crippen molar-refractivity contribution < 1.29 is 9.53 Å². The highest BCUT2D eigenvalue weighted by Crippen LogP contribution is 2.19. The fourth-order valence-corrected chi connectivity index (χ4v) is 3.36. The minimum Gasteiger partial charge on any atom is -0.379 e. The van der Waals surface area contributed by atoms with Crippen LogP contribution in [0.25, 0.3) is 0 Å². The molecule has 2 aliphatic rings. The van der Waals surface area contributed by atoms with Crippen LogP contribution < -0.4 is 0 Å². The first-order valence-corrected chi connectivity index (χ1v) is 7.67. The lowest BCUT2D eigenvalue weighted by molar-refractivity contribution is -0.134. The van der Waals surface area contributed by atoms with Crippen molar-refractivity contribution in [1.82, 2.24) is 19.6 Å². The SMILES string of the molecule is Cc1ccnn1CCC(=O)N1C[C@H]2COC[C@@H]1CN(C)C2. The number of aromatic nitrogens is 2. The van der Waals surface area contributed by atoms with Crippen LogP contribution in [0.5, 0.6) is 0 Å². The number of amides is 1. The molecule has 0 radical (unpaired) electrons. The zero-order valence-corrected chi connectivity index (χ0v) is 12.9. The van der Waals surface area contributed by atoms with Crippen molar-refractivity contribution in [3.05, 3.63) is 18.0 Å². The fraction of sp³-hybridized carbons (Fsp3) is 0.733. The number of hydrogen-bond donors (Lipinski definition) is 0. The minimum atomic E-state index is 0.189. The van der Waals surface area contributed by atoms with E-state index in [2.05, 4.69) is 17.0 Å². The van der Waals surface area contributed by atoms with E-state index < -0.39 is 0 Å². The third-order valence-corrected chi connectivity index (χ3v) is 4.44.